The Morgan fingerprint density at radius 1 is 1.22 bits per heavy atom. The Morgan fingerprint density at radius 2 is 2.07 bits per heavy atom. The molecule has 0 spiro atoms. The number of morpholine rings is 1. The van der Waals surface area contributed by atoms with Crippen molar-refractivity contribution in [1.29, 1.82) is 0 Å². The van der Waals surface area contributed by atoms with Gasteiger partial charge in [0.15, 0.2) is 11.8 Å². The molecule has 0 bridgehead atoms. The van der Waals surface area contributed by atoms with Gasteiger partial charge in [0.25, 0.3) is 5.91 Å². The van der Waals surface area contributed by atoms with Crippen molar-refractivity contribution in [2.75, 3.05) is 26.2 Å². The van der Waals surface area contributed by atoms with Crippen molar-refractivity contribution in [2.24, 2.45) is 7.05 Å². The minimum absolute atomic E-state index is 0.209. The number of piperidine rings is 1. The molecular formula is C19H20N4O4. The van der Waals surface area contributed by atoms with Crippen LogP contribution in [0, 0.1) is 11.8 Å². The summed E-state index contributed by atoms with van der Waals surface area (Å²) in [6.45, 7) is 2.37. The molecule has 0 saturated carbocycles. The fourth-order valence-electron chi connectivity index (χ4n) is 3.56. The van der Waals surface area contributed by atoms with Crippen LogP contribution in [-0.2, 0) is 21.4 Å². The van der Waals surface area contributed by atoms with E-state index in [2.05, 4.69) is 22.5 Å². The van der Waals surface area contributed by atoms with Crippen LogP contribution in [0.4, 0.5) is 0 Å². The zero-order chi connectivity index (χ0) is 19.0. The lowest BCUT2D eigenvalue weighted by Crippen LogP contribution is -2.46. The van der Waals surface area contributed by atoms with Crippen LogP contribution >= 0.6 is 0 Å². The predicted molar refractivity (Wildman–Crippen MR) is 98.3 cm³/mol. The van der Waals surface area contributed by atoms with Gasteiger partial charge in [0.05, 0.1) is 23.2 Å². The van der Waals surface area contributed by atoms with Crippen LogP contribution < -0.4 is 16.3 Å². The van der Waals surface area contributed by atoms with E-state index < -0.39 is 17.6 Å². The third kappa shape index (κ3) is 3.05. The number of rotatable bonds is 1. The molecule has 0 radical (unpaired) electrons. The summed E-state index contributed by atoms with van der Waals surface area (Å²) in [4.78, 5) is 37.5. The minimum Gasteiger partial charge on any atom is -0.363 e. The van der Waals surface area contributed by atoms with Gasteiger partial charge in [-0.3, -0.25) is 18.7 Å². The predicted octanol–water partition coefficient (Wildman–Crippen LogP) is -0.690. The summed E-state index contributed by atoms with van der Waals surface area (Å²) in [5, 5.41) is 5.88. The number of imidazole rings is 1. The molecule has 1 aromatic carbocycles. The van der Waals surface area contributed by atoms with E-state index in [-0.39, 0.29) is 18.3 Å². The Morgan fingerprint density at radius 3 is 2.81 bits per heavy atom. The van der Waals surface area contributed by atoms with Gasteiger partial charge in [-0.2, -0.15) is 0 Å². The number of carbonyl (C=O) groups is 2. The number of aromatic nitrogens is 2. The maximum atomic E-state index is 12.8. The van der Waals surface area contributed by atoms with Crippen LogP contribution in [0.25, 0.3) is 11.0 Å². The molecule has 2 N–H and O–H groups in total. The van der Waals surface area contributed by atoms with Gasteiger partial charge < -0.3 is 15.4 Å². The van der Waals surface area contributed by atoms with E-state index in [4.69, 9.17) is 4.74 Å². The molecule has 2 aliphatic rings. The van der Waals surface area contributed by atoms with Crippen LogP contribution in [0.5, 0.6) is 0 Å². The number of Topliss-reactive ketones (excluding diaryl/α,β-unsaturated/α-hetero) is 1. The van der Waals surface area contributed by atoms with E-state index in [1.54, 1.807) is 19.2 Å². The Balaban J connectivity index is 1.83. The van der Waals surface area contributed by atoms with Gasteiger partial charge in [-0.05, 0) is 12.1 Å². The lowest BCUT2D eigenvalue weighted by molar-refractivity contribution is -0.135. The number of benzene rings is 1. The summed E-state index contributed by atoms with van der Waals surface area (Å²) in [5.41, 5.74) is 1.37. The highest BCUT2D eigenvalue weighted by molar-refractivity contribution is 6.06. The van der Waals surface area contributed by atoms with Crippen molar-refractivity contribution in [1.82, 2.24) is 19.8 Å². The molecule has 8 heteroatoms. The largest absolute Gasteiger partial charge is 0.363 e. The van der Waals surface area contributed by atoms with Gasteiger partial charge in [0, 0.05) is 33.1 Å². The molecule has 2 saturated heterocycles. The van der Waals surface area contributed by atoms with Crippen LogP contribution in [0.15, 0.2) is 23.0 Å². The summed E-state index contributed by atoms with van der Waals surface area (Å²) in [6.07, 6.45) is 0.00362. The number of nitrogens with one attached hydrogen (secondary N) is 2. The smallest absolute Gasteiger partial charge is 0.330 e. The number of para-hydroxylation sites is 1. The van der Waals surface area contributed by atoms with Gasteiger partial charge in [-0.25, -0.2) is 4.79 Å². The Labute approximate surface area is 155 Å². The third-order valence-electron chi connectivity index (χ3n) is 4.88. The fourth-order valence-corrected chi connectivity index (χ4v) is 3.56. The summed E-state index contributed by atoms with van der Waals surface area (Å²) >= 11 is 0. The number of nitrogens with zero attached hydrogens (tertiary/aromatic N) is 2. The summed E-state index contributed by atoms with van der Waals surface area (Å²) in [7, 11) is 1.62. The number of ether oxygens (including phenoxy) is 1. The van der Waals surface area contributed by atoms with Crippen molar-refractivity contribution in [3.8, 4) is 11.8 Å². The van der Waals surface area contributed by atoms with Crippen molar-refractivity contribution < 1.29 is 14.3 Å². The van der Waals surface area contributed by atoms with Crippen LogP contribution in [-0.4, -0.2) is 53.2 Å². The molecule has 2 fully saturated rings. The molecule has 1 amide bonds. The normalized spacial score (nSPS) is 23.0. The summed E-state index contributed by atoms with van der Waals surface area (Å²) < 4.78 is 8.30. The molecule has 1 unspecified atom stereocenters. The molecule has 2 aliphatic heterocycles. The molecule has 8 nitrogen and oxygen atoms in total. The number of ketones is 1. The van der Waals surface area contributed by atoms with Crippen LogP contribution in [0.3, 0.4) is 0 Å². The van der Waals surface area contributed by atoms with Gasteiger partial charge in [0.2, 0.25) is 0 Å². The number of fused-ring (bicyclic) bond motifs is 1. The third-order valence-corrected chi connectivity index (χ3v) is 4.88. The zero-order valence-corrected chi connectivity index (χ0v) is 14.9. The van der Waals surface area contributed by atoms with Crippen molar-refractivity contribution in [3.05, 3.63) is 34.2 Å². The van der Waals surface area contributed by atoms with Gasteiger partial charge >= 0.3 is 5.69 Å². The topological polar surface area (TPSA) is 94.4 Å². The Hall–Kier alpha value is -2.89. The second-order valence-corrected chi connectivity index (χ2v) is 6.63. The van der Waals surface area contributed by atoms with Crippen LogP contribution in [0.2, 0.25) is 0 Å². The fraction of sp³-hybridized carbons (Fsp3) is 0.421. The number of hydrogen-bond donors (Lipinski definition) is 2. The SMILES string of the molecule is Cn1c(=O)n(C2C(=O)CCNC2=O)c2cccc(C#C[C@@H]3CNCCO3)c21. The highest BCUT2D eigenvalue weighted by Crippen LogP contribution is 2.22. The van der Waals surface area contributed by atoms with E-state index >= 15 is 0 Å². The molecule has 2 atom stereocenters. The van der Waals surface area contributed by atoms with E-state index in [1.807, 2.05) is 6.07 Å². The first-order valence-electron chi connectivity index (χ1n) is 8.92. The molecule has 3 heterocycles. The maximum absolute atomic E-state index is 12.8. The highest BCUT2D eigenvalue weighted by Gasteiger charge is 2.34. The minimum atomic E-state index is -1.14. The molecule has 2 aromatic rings. The number of carbonyl (C=O) groups excluding carboxylic acids is 2. The second-order valence-electron chi connectivity index (χ2n) is 6.63. The molecule has 140 valence electrons. The summed E-state index contributed by atoms with van der Waals surface area (Å²) in [5.74, 6) is 5.46. The Kier molecular flexibility index (Phi) is 4.56. The van der Waals surface area contributed by atoms with Gasteiger partial charge in [0.1, 0.15) is 6.10 Å². The number of amides is 1. The number of hydrogen-bond acceptors (Lipinski definition) is 5. The van der Waals surface area contributed by atoms with Crippen LogP contribution in [0.1, 0.15) is 18.0 Å². The first-order chi connectivity index (χ1) is 13.1. The van der Waals surface area contributed by atoms with Crippen molar-refractivity contribution >= 4 is 22.7 Å². The van der Waals surface area contributed by atoms with Crippen molar-refractivity contribution in [2.45, 2.75) is 18.6 Å². The second kappa shape index (κ2) is 7.02. The van der Waals surface area contributed by atoms with E-state index in [0.717, 1.165) is 6.54 Å². The zero-order valence-electron chi connectivity index (χ0n) is 14.9. The molecular weight excluding hydrogens is 348 g/mol. The van der Waals surface area contributed by atoms with Crippen molar-refractivity contribution in [3.63, 3.8) is 0 Å². The average Bonchev–Trinajstić information content (AvgIpc) is 2.93. The number of aryl methyl sites for hydroxylation is 1. The molecule has 1 aromatic heterocycles. The maximum Gasteiger partial charge on any atom is 0.330 e. The quantitative estimate of drug-likeness (QED) is 0.513. The van der Waals surface area contributed by atoms with E-state index in [9.17, 15) is 14.4 Å². The van der Waals surface area contributed by atoms with E-state index in [1.165, 1.54) is 9.13 Å². The molecule has 0 aliphatic carbocycles. The monoisotopic (exact) mass is 368 g/mol. The summed E-state index contributed by atoms with van der Waals surface area (Å²) in [6, 6.07) is 4.19. The van der Waals surface area contributed by atoms with Gasteiger partial charge in [-0.1, -0.05) is 17.9 Å². The standard InChI is InChI=1S/C19H20N4O4/c1-22-16-12(5-6-13-11-20-9-10-27-13)3-2-4-14(16)23(19(22)26)17-15(24)7-8-21-18(17)25/h2-4,13,17,20H,7-11H2,1H3,(H,21,25)/t13-,17?/m1/s1. The average molecular weight is 368 g/mol. The first kappa shape index (κ1) is 17.5. The lowest BCUT2D eigenvalue weighted by atomic mass is 10.0. The Bertz CT molecular complexity index is 1020. The lowest BCUT2D eigenvalue weighted by Gasteiger charge is -2.21. The first-order valence-corrected chi connectivity index (χ1v) is 8.92. The molecule has 27 heavy (non-hydrogen) atoms. The highest BCUT2D eigenvalue weighted by atomic mass is 16.5. The van der Waals surface area contributed by atoms with E-state index in [0.29, 0.717) is 36.3 Å². The van der Waals surface area contributed by atoms with Gasteiger partial charge in [-0.15, -0.1) is 0 Å². The molecule has 4 rings (SSSR count).